The molecule has 0 saturated heterocycles. The van der Waals surface area contributed by atoms with Gasteiger partial charge < -0.3 is 14.6 Å². The molecule has 0 heterocycles. The Morgan fingerprint density at radius 3 is 2.69 bits per heavy atom. The number of esters is 1. The van der Waals surface area contributed by atoms with E-state index < -0.39 is 35.7 Å². The second kappa shape index (κ2) is 4.42. The highest BCUT2D eigenvalue weighted by atomic mass is 16.5. The van der Waals surface area contributed by atoms with E-state index >= 15 is 0 Å². The number of aliphatic carboxylic acids is 1. The number of carboxylic acids is 1. The number of hydrogen-bond acceptors (Lipinski definition) is 5. The summed E-state index contributed by atoms with van der Waals surface area (Å²) in [6, 6.07) is 0. The van der Waals surface area contributed by atoms with E-state index in [9.17, 15) is 19.2 Å². The van der Waals surface area contributed by atoms with Crippen LogP contribution < -0.4 is 0 Å². The normalized spacial score (nSPS) is 28.8. The van der Waals surface area contributed by atoms with Crippen LogP contribution in [0.1, 0.15) is 26.2 Å². The van der Waals surface area contributed by atoms with E-state index in [1.807, 2.05) is 0 Å². The molecule has 0 bridgehead atoms. The molecule has 0 spiro atoms. The molecule has 1 aliphatic rings. The van der Waals surface area contributed by atoms with Crippen LogP contribution >= 0.6 is 0 Å². The zero-order chi connectivity index (χ0) is 12.3. The maximum Gasteiger partial charge on any atom is 0.304 e. The third-order valence-corrected chi connectivity index (χ3v) is 2.59. The number of rotatable bonds is 4. The zero-order valence-corrected chi connectivity index (χ0v) is 8.76. The van der Waals surface area contributed by atoms with Gasteiger partial charge in [0, 0.05) is 19.8 Å². The lowest BCUT2D eigenvalue weighted by Crippen LogP contribution is -2.30. The summed E-state index contributed by atoms with van der Waals surface area (Å²) in [6.07, 6.45) is -1.01. The SMILES string of the molecule is CC(=O)O[C@H]1CC(=O)[C@@](C=O)(CC(=O)O)C1. The summed E-state index contributed by atoms with van der Waals surface area (Å²) in [6.45, 7) is 1.20. The summed E-state index contributed by atoms with van der Waals surface area (Å²) in [4.78, 5) is 43.7. The topological polar surface area (TPSA) is 97.7 Å². The molecule has 1 aliphatic carbocycles. The maximum atomic E-state index is 11.6. The fourth-order valence-electron chi connectivity index (χ4n) is 1.92. The molecule has 1 N–H and O–H groups in total. The minimum atomic E-state index is -1.52. The van der Waals surface area contributed by atoms with Crippen LogP contribution in [0.15, 0.2) is 0 Å². The molecule has 0 unspecified atom stereocenters. The van der Waals surface area contributed by atoms with Crippen LogP contribution in [0.2, 0.25) is 0 Å². The Bertz CT molecular complexity index is 347. The van der Waals surface area contributed by atoms with Crippen molar-refractivity contribution in [2.45, 2.75) is 32.3 Å². The lowest BCUT2D eigenvalue weighted by Gasteiger charge is -2.17. The van der Waals surface area contributed by atoms with Gasteiger partial charge in [-0.15, -0.1) is 0 Å². The zero-order valence-electron chi connectivity index (χ0n) is 8.76. The molecule has 0 radical (unpaired) electrons. The molecule has 0 aliphatic heterocycles. The van der Waals surface area contributed by atoms with Gasteiger partial charge in [0.25, 0.3) is 0 Å². The molecular formula is C10H12O6. The van der Waals surface area contributed by atoms with Crippen LogP contribution in [0, 0.1) is 5.41 Å². The quantitative estimate of drug-likeness (QED) is 0.411. The highest BCUT2D eigenvalue weighted by Crippen LogP contribution is 2.37. The molecule has 0 amide bonds. The summed E-state index contributed by atoms with van der Waals surface area (Å²) in [5, 5.41) is 8.64. The first-order valence-electron chi connectivity index (χ1n) is 4.78. The number of aldehydes is 1. The lowest BCUT2D eigenvalue weighted by molar-refractivity contribution is -0.147. The van der Waals surface area contributed by atoms with E-state index in [1.54, 1.807) is 0 Å². The van der Waals surface area contributed by atoms with Crippen molar-refractivity contribution < 1.29 is 29.0 Å². The lowest BCUT2D eigenvalue weighted by atomic mass is 9.83. The van der Waals surface area contributed by atoms with Crippen LogP contribution in [0.25, 0.3) is 0 Å². The van der Waals surface area contributed by atoms with Crippen molar-refractivity contribution >= 4 is 24.0 Å². The monoisotopic (exact) mass is 228 g/mol. The Labute approximate surface area is 91.6 Å². The predicted molar refractivity (Wildman–Crippen MR) is 50.5 cm³/mol. The summed E-state index contributed by atoms with van der Waals surface area (Å²) >= 11 is 0. The molecule has 0 aromatic heterocycles. The summed E-state index contributed by atoms with van der Waals surface area (Å²) < 4.78 is 4.81. The largest absolute Gasteiger partial charge is 0.481 e. The highest BCUT2D eigenvalue weighted by Gasteiger charge is 2.49. The first kappa shape index (κ1) is 12.4. The van der Waals surface area contributed by atoms with Gasteiger partial charge in [-0.25, -0.2) is 0 Å². The van der Waals surface area contributed by atoms with Crippen LogP contribution in [0.5, 0.6) is 0 Å². The Morgan fingerprint density at radius 2 is 2.25 bits per heavy atom. The molecule has 16 heavy (non-hydrogen) atoms. The summed E-state index contributed by atoms with van der Waals surface area (Å²) in [5.74, 6) is -2.24. The molecule has 6 nitrogen and oxygen atoms in total. The predicted octanol–water partition coefficient (Wildman–Crippen LogP) is -0.0590. The second-order valence-corrected chi connectivity index (χ2v) is 3.91. The average molecular weight is 228 g/mol. The Hall–Kier alpha value is -1.72. The standard InChI is InChI=1S/C10H12O6/c1-6(12)16-7-2-8(13)10(3-7,5-11)4-9(14)15/h5,7H,2-4H2,1H3,(H,14,15)/t7-,10+/m0/s1. The number of hydrogen-bond donors (Lipinski definition) is 1. The summed E-state index contributed by atoms with van der Waals surface area (Å²) in [7, 11) is 0. The first-order chi connectivity index (χ1) is 7.39. The van der Waals surface area contributed by atoms with E-state index in [2.05, 4.69) is 0 Å². The molecule has 1 rings (SSSR count). The first-order valence-corrected chi connectivity index (χ1v) is 4.78. The molecule has 1 saturated carbocycles. The van der Waals surface area contributed by atoms with Gasteiger partial charge in [-0.05, 0) is 0 Å². The van der Waals surface area contributed by atoms with Gasteiger partial charge >= 0.3 is 11.9 Å². The van der Waals surface area contributed by atoms with Crippen LogP contribution in [0.3, 0.4) is 0 Å². The van der Waals surface area contributed by atoms with Gasteiger partial charge in [0.2, 0.25) is 0 Å². The van der Waals surface area contributed by atoms with Crippen LogP contribution in [0.4, 0.5) is 0 Å². The summed E-state index contributed by atoms with van der Waals surface area (Å²) in [5.41, 5.74) is -1.52. The van der Waals surface area contributed by atoms with Gasteiger partial charge in [-0.2, -0.15) is 0 Å². The van der Waals surface area contributed by atoms with Crippen molar-refractivity contribution in [1.29, 1.82) is 0 Å². The highest BCUT2D eigenvalue weighted by molar-refractivity contribution is 6.03. The molecule has 2 atom stereocenters. The van der Waals surface area contributed by atoms with Crippen LogP contribution in [-0.2, 0) is 23.9 Å². The van der Waals surface area contributed by atoms with Crippen LogP contribution in [-0.4, -0.2) is 35.2 Å². The van der Waals surface area contributed by atoms with Crippen molar-refractivity contribution in [2.24, 2.45) is 5.41 Å². The Morgan fingerprint density at radius 1 is 1.62 bits per heavy atom. The van der Waals surface area contributed by atoms with Gasteiger partial charge in [0.1, 0.15) is 12.4 Å². The van der Waals surface area contributed by atoms with Gasteiger partial charge in [-0.1, -0.05) is 0 Å². The number of carbonyl (C=O) groups is 4. The van der Waals surface area contributed by atoms with Crippen molar-refractivity contribution in [2.75, 3.05) is 0 Å². The minimum absolute atomic E-state index is 0.0405. The van der Waals surface area contributed by atoms with Gasteiger partial charge in [0.05, 0.1) is 11.8 Å². The van der Waals surface area contributed by atoms with Crippen molar-refractivity contribution in [1.82, 2.24) is 0 Å². The fourth-order valence-corrected chi connectivity index (χ4v) is 1.92. The van der Waals surface area contributed by atoms with E-state index in [-0.39, 0.29) is 12.8 Å². The molecular weight excluding hydrogens is 216 g/mol. The minimum Gasteiger partial charge on any atom is -0.481 e. The number of carbonyl (C=O) groups excluding carboxylic acids is 3. The van der Waals surface area contributed by atoms with Crippen molar-refractivity contribution in [3.63, 3.8) is 0 Å². The van der Waals surface area contributed by atoms with E-state index in [0.29, 0.717) is 6.29 Å². The molecule has 0 aromatic carbocycles. The maximum absolute atomic E-state index is 11.6. The van der Waals surface area contributed by atoms with E-state index in [0.717, 1.165) is 0 Å². The van der Waals surface area contributed by atoms with Gasteiger partial charge in [0.15, 0.2) is 5.78 Å². The molecule has 88 valence electrons. The second-order valence-electron chi connectivity index (χ2n) is 3.91. The third-order valence-electron chi connectivity index (χ3n) is 2.59. The number of ether oxygens (including phenoxy) is 1. The third kappa shape index (κ3) is 2.44. The van der Waals surface area contributed by atoms with E-state index in [1.165, 1.54) is 6.92 Å². The van der Waals surface area contributed by atoms with Gasteiger partial charge in [-0.3, -0.25) is 14.4 Å². The molecule has 1 fully saturated rings. The number of carboxylic acid groups (broad SMARTS) is 1. The smallest absolute Gasteiger partial charge is 0.304 e. The van der Waals surface area contributed by atoms with Crippen molar-refractivity contribution in [3.8, 4) is 0 Å². The molecule has 6 heteroatoms. The van der Waals surface area contributed by atoms with Crippen molar-refractivity contribution in [3.05, 3.63) is 0 Å². The average Bonchev–Trinajstić information content (AvgIpc) is 2.41. The number of ketones is 1. The fraction of sp³-hybridized carbons (Fsp3) is 0.600. The Balaban J connectivity index is 2.80. The molecule has 0 aromatic rings. The Kier molecular flexibility index (Phi) is 3.41. The number of Topliss-reactive ketones (excluding diaryl/α,β-unsaturated/α-hetero) is 1. The van der Waals surface area contributed by atoms with E-state index in [4.69, 9.17) is 9.84 Å².